The molecular weight excluding hydrogens is 214 g/mol. The maximum atomic E-state index is 12.4. The van der Waals surface area contributed by atoms with Gasteiger partial charge < -0.3 is 15.6 Å². The molecule has 0 saturated carbocycles. The molecule has 2 atom stereocenters. The van der Waals surface area contributed by atoms with Crippen molar-refractivity contribution in [3.8, 4) is 0 Å². The van der Waals surface area contributed by atoms with E-state index in [0.717, 1.165) is 29.9 Å². The molecule has 3 N–H and O–H groups in total. The topological polar surface area (TPSA) is 62.1 Å². The van der Waals surface area contributed by atoms with Gasteiger partial charge in [-0.05, 0) is 51.3 Å². The number of rotatable bonds is 2. The second kappa shape index (κ2) is 4.53. The molecule has 0 spiro atoms. The largest absolute Gasteiger partial charge is 0.354 e. The van der Waals surface area contributed by atoms with Gasteiger partial charge >= 0.3 is 0 Å². The minimum absolute atomic E-state index is 0.110. The van der Waals surface area contributed by atoms with E-state index in [1.165, 1.54) is 0 Å². The van der Waals surface area contributed by atoms with Crippen molar-refractivity contribution in [1.82, 2.24) is 9.88 Å². The summed E-state index contributed by atoms with van der Waals surface area (Å²) in [5, 5.41) is 0. The van der Waals surface area contributed by atoms with Crippen LogP contribution in [0.25, 0.3) is 0 Å². The number of hydrogen-bond acceptors (Lipinski definition) is 2. The number of hydrogen-bond donors (Lipinski definition) is 2. The molecule has 1 fully saturated rings. The summed E-state index contributed by atoms with van der Waals surface area (Å²) in [6.45, 7) is 7.49. The minimum atomic E-state index is 0.110. The van der Waals surface area contributed by atoms with Crippen LogP contribution >= 0.6 is 0 Å². The Hall–Kier alpha value is -1.29. The van der Waals surface area contributed by atoms with Gasteiger partial charge in [-0.1, -0.05) is 0 Å². The molecule has 94 valence electrons. The van der Waals surface area contributed by atoms with Crippen LogP contribution in [0.15, 0.2) is 6.07 Å². The molecule has 2 unspecified atom stereocenters. The molecule has 4 heteroatoms. The van der Waals surface area contributed by atoms with Crippen molar-refractivity contribution >= 4 is 5.91 Å². The van der Waals surface area contributed by atoms with Crippen molar-refractivity contribution in [1.29, 1.82) is 0 Å². The number of amides is 1. The SMILES string of the molecule is Cc1cc(C)c(C(=O)N2CC(CN)CC2C)[nH]1. The third-order valence-electron chi connectivity index (χ3n) is 3.62. The number of H-pyrrole nitrogens is 1. The van der Waals surface area contributed by atoms with E-state index in [9.17, 15) is 4.79 Å². The standard InChI is InChI=1S/C13H21N3O/c1-8-4-9(2)15-12(8)13(17)16-7-11(6-14)5-10(16)3/h4,10-11,15H,5-7,14H2,1-3H3. The summed E-state index contributed by atoms with van der Waals surface area (Å²) in [4.78, 5) is 17.5. The Morgan fingerprint density at radius 2 is 2.29 bits per heavy atom. The molecular formula is C13H21N3O. The van der Waals surface area contributed by atoms with Crippen molar-refractivity contribution in [2.24, 2.45) is 11.7 Å². The molecule has 0 aliphatic carbocycles. The minimum Gasteiger partial charge on any atom is -0.354 e. The average Bonchev–Trinajstić information content (AvgIpc) is 2.81. The second-order valence-electron chi connectivity index (χ2n) is 5.15. The van der Waals surface area contributed by atoms with Crippen LogP contribution in [0.4, 0.5) is 0 Å². The Morgan fingerprint density at radius 1 is 1.59 bits per heavy atom. The van der Waals surface area contributed by atoms with Gasteiger partial charge in [-0.15, -0.1) is 0 Å². The molecule has 0 aromatic carbocycles. The molecule has 17 heavy (non-hydrogen) atoms. The van der Waals surface area contributed by atoms with Crippen molar-refractivity contribution in [2.45, 2.75) is 33.2 Å². The van der Waals surface area contributed by atoms with Crippen molar-refractivity contribution in [3.05, 3.63) is 23.0 Å². The highest BCUT2D eigenvalue weighted by Gasteiger charge is 2.33. The second-order valence-corrected chi connectivity index (χ2v) is 5.15. The molecule has 1 aliphatic heterocycles. The number of aryl methyl sites for hydroxylation is 2. The maximum absolute atomic E-state index is 12.4. The summed E-state index contributed by atoms with van der Waals surface area (Å²) in [6, 6.07) is 2.30. The van der Waals surface area contributed by atoms with E-state index < -0.39 is 0 Å². The number of aromatic amines is 1. The van der Waals surface area contributed by atoms with E-state index in [-0.39, 0.29) is 5.91 Å². The average molecular weight is 235 g/mol. The number of nitrogens with one attached hydrogen (secondary N) is 1. The van der Waals surface area contributed by atoms with Gasteiger partial charge in [-0.25, -0.2) is 0 Å². The smallest absolute Gasteiger partial charge is 0.270 e. The highest BCUT2D eigenvalue weighted by Crippen LogP contribution is 2.24. The fourth-order valence-corrected chi connectivity index (χ4v) is 2.69. The predicted octanol–water partition coefficient (Wildman–Crippen LogP) is 1.44. The van der Waals surface area contributed by atoms with E-state index in [1.54, 1.807) is 0 Å². The van der Waals surface area contributed by atoms with Crippen molar-refractivity contribution in [2.75, 3.05) is 13.1 Å². The Morgan fingerprint density at radius 3 is 2.76 bits per heavy atom. The zero-order valence-corrected chi connectivity index (χ0v) is 10.8. The molecule has 2 rings (SSSR count). The lowest BCUT2D eigenvalue weighted by Gasteiger charge is -2.21. The molecule has 1 saturated heterocycles. The third-order valence-corrected chi connectivity index (χ3v) is 3.62. The van der Waals surface area contributed by atoms with Crippen molar-refractivity contribution in [3.63, 3.8) is 0 Å². The first-order valence-corrected chi connectivity index (χ1v) is 6.20. The molecule has 1 aliphatic rings. The van der Waals surface area contributed by atoms with Gasteiger partial charge in [-0.3, -0.25) is 4.79 Å². The number of carbonyl (C=O) groups excluding carboxylic acids is 1. The summed E-state index contributed by atoms with van der Waals surface area (Å²) in [7, 11) is 0. The number of nitrogens with two attached hydrogens (primary N) is 1. The summed E-state index contributed by atoms with van der Waals surface area (Å²) in [6.07, 6.45) is 1.01. The molecule has 0 bridgehead atoms. The molecule has 4 nitrogen and oxygen atoms in total. The van der Waals surface area contributed by atoms with Gasteiger partial charge in [0.05, 0.1) is 0 Å². The first-order valence-electron chi connectivity index (χ1n) is 6.20. The molecule has 1 amide bonds. The van der Waals surface area contributed by atoms with Crippen LogP contribution in [0.3, 0.4) is 0 Å². The van der Waals surface area contributed by atoms with Gasteiger partial charge in [0.1, 0.15) is 5.69 Å². The van der Waals surface area contributed by atoms with Gasteiger partial charge in [-0.2, -0.15) is 0 Å². The summed E-state index contributed by atoms with van der Waals surface area (Å²) < 4.78 is 0. The van der Waals surface area contributed by atoms with Crippen LogP contribution in [0.5, 0.6) is 0 Å². The number of nitrogens with zero attached hydrogens (tertiary/aromatic N) is 1. The third kappa shape index (κ3) is 2.22. The van der Waals surface area contributed by atoms with Crippen LogP contribution in [0.2, 0.25) is 0 Å². The molecule has 1 aromatic heterocycles. The Bertz CT molecular complexity index is 424. The fraction of sp³-hybridized carbons (Fsp3) is 0.615. The first-order chi connectivity index (χ1) is 8.02. The Kier molecular flexibility index (Phi) is 3.24. The van der Waals surface area contributed by atoms with Crippen LogP contribution < -0.4 is 5.73 Å². The Labute approximate surface area is 102 Å². The van der Waals surface area contributed by atoms with E-state index in [2.05, 4.69) is 11.9 Å². The zero-order chi connectivity index (χ0) is 12.6. The fourth-order valence-electron chi connectivity index (χ4n) is 2.69. The lowest BCUT2D eigenvalue weighted by molar-refractivity contribution is 0.0737. The van der Waals surface area contributed by atoms with E-state index in [0.29, 0.717) is 18.5 Å². The van der Waals surface area contributed by atoms with Crippen LogP contribution in [-0.4, -0.2) is 34.9 Å². The molecule has 1 aromatic rings. The van der Waals surface area contributed by atoms with Gasteiger partial charge in [0, 0.05) is 18.3 Å². The normalized spacial score (nSPS) is 24.4. The quantitative estimate of drug-likeness (QED) is 0.814. The maximum Gasteiger partial charge on any atom is 0.270 e. The van der Waals surface area contributed by atoms with Crippen LogP contribution in [-0.2, 0) is 0 Å². The Balaban J connectivity index is 2.18. The first kappa shape index (κ1) is 12.2. The van der Waals surface area contributed by atoms with Crippen molar-refractivity contribution < 1.29 is 4.79 Å². The highest BCUT2D eigenvalue weighted by atomic mass is 16.2. The lowest BCUT2D eigenvalue weighted by Crippen LogP contribution is -2.35. The van der Waals surface area contributed by atoms with Gasteiger partial charge in [0.25, 0.3) is 5.91 Å². The number of likely N-dealkylation sites (tertiary alicyclic amines) is 1. The number of carbonyl (C=O) groups is 1. The summed E-state index contributed by atoms with van der Waals surface area (Å²) >= 11 is 0. The lowest BCUT2D eigenvalue weighted by atomic mass is 10.1. The van der Waals surface area contributed by atoms with E-state index in [4.69, 9.17) is 5.73 Å². The molecule has 0 radical (unpaired) electrons. The van der Waals surface area contributed by atoms with E-state index in [1.807, 2.05) is 24.8 Å². The van der Waals surface area contributed by atoms with Gasteiger partial charge in [0.2, 0.25) is 0 Å². The van der Waals surface area contributed by atoms with Gasteiger partial charge in [0.15, 0.2) is 0 Å². The highest BCUT2D eigenvalue weighted by molar-refractivity contribution is 5.94. The van der Waals surface area contributed by atoms with Crippen LogP contribution in [0, 0.1) is 19.8 Å². The monoisotopic (exact) mass is 235 g/mol. The number of aromatic nitrogens is 1. The van der Waals surface area contributed by atoms with E-state index >= 15 is 0 Å². The summed E-state index contributed by atoms with van der Waals surface area (Å²) in [5.74, 6) is 0.560. The molecule has 2 heterocycles. The van der Waals surface area contributed by atoms with Crippen LogP contribution in [0.1, 0.15) is 35.1 Å². The predicted molar refractivity (Wildman–Crippen MR) is 67.9 cm³/mol. The summed E-state index contributed by atoms with van der Waals surface area (Å²) in [5.41, 5.74) is 8.47. The zero-order valence-electron chi connectivity index (χ0n) is 10.8.